The fourth-order valence-electron chi connectivity index (χ4n) is 2.66. The molecule has 26 heavy (non-hydrogen) atoms. The Hall–Kier alpha value is -3.48. The summed E-state index contributed by atoms with van der Waals surface area (Å²) >= 11 is 0. The molecule has 1 heterocycles. The van der Waals surface area contributed by atoms with Crippen LogP contribution in [0, 0.1) is 24.0 Å². The average molecular weight is 349 g/mol. The first-order valence-corrected chi connectivity index (χ1v) is 8.12. The fourth-order valence-corrected chi connectivity index (χ4v) is 2.66. The molecular formula is C19H19N5O2. The van der Waals surface area contributed by atoms with E-state index in [1.54, 1.807) is 18.9 Å². The summed E-state index contributed by atoms with van der Waals surface area (Å²) in [6, 6.07) is 17.1. The van der Waals surface area contributed by atoms with Gasteiger partial charge in [0.1, 0.15) is 5.69 Å². The predicted molar refractivity (Wildman–Crippen MR) is 102 cm³/mol. The summed E-state index contributed by atoms with van der Waals surface area (Å²) in [7, 11) is 1.75. The molecule has 132 valence electrons. The van der Waals surface area contributed by atoms with Crippen molar-refractivity contribution in [1.82, 2.24) is 9.97 Å². The maximum Gasteiger partial charge on any atom is 0.333 e. The summed E-state index contributed by atoms with van der Waals surface area (Å²) in [6.07, 6.45) is 0. The van der Waals surface area contributed by atoms with Crippen molar-refractivity contribution in [2.75, 3.05) is 17.3 Å². The van der Waals surface area contributed by atoms with E-state index in [0.29, 0.717) is 11.6 Å². The summed E-state index contributed by atoms with van der Waals surface area (Å²) in [6.45, 7) is 3.59. The molecule has 0 bridgehead atoms. The SMILES string of the molecule is Cc1ccccc1Nc1nc(C)c([N+](=O)[O-])c(N(C)c2ccccc2)n1. The lowest BCUT2D eigenvalue weighted by Gasteiger charge is -2.19. The van der Waals surface area contributed by atoms with Crippen LogP contribution in [-0.4, -0.2) is 21.9 Å². The number of aromatic nitrogens is 2. The van der Waals surface area contributed by atoms with Crippen LogP contribution in [0.2, 0.25) is 0 Å². The fraction of sp³-hybridized carbons (Fsp3) is 0.158. The van der Waals surface area contributed by atoms with Gasteiger partial charge in [-0.05, 0) is 37.6 Å². The van der Waals surface area contributed by atoms with Crippen molar-refractivity contribution >= 4 is 28.8 Å². The van der Waals surface area contributed by atoms with Crippen LogP contribution in [0.4, 0.5) is 28.8 Å². The van der Waals surface area contributed by atoms with Crippen LogP contribution in [0.15, 0.2) is 54.6 Å². The minimum absolute atomic E-state index is 0.105. The molecule has 0 radical (unpaired) electrons. The van der Waals surface area contributed by atoms with Crippen LogP contribution >= 0.6 is 0 Å². The quantitative estimate of drug-likeness (QED) is 0.539. The second-order valence-corrected chi connectivity index (χ2v) is 5.90. The molecule has 0 saturated heterocycles. The highest BCUT2D eigenvalue weighted by Gasteiger charge is 2.25. The Morgan fingerprint density at radius 3 is 2.31 bits per heavy atom. The number of para-hydroxylation sites is 2. The Balaban J connectivity index is 2.08. The van der Waals surface area contributed by atoms with Gasteiger partial charge in [-0.2, -0.15) is 4.98 Å². The lowest BCUT2D eigenvalue weighted by Crippen LogP contribution is -2.16. The Labute approximate surface area is 151 Å². The van der Waals surface area contributed by atoms with Gasteiger partial charge in [-0.3, -0.25) is 10.1 Å². The molecule has 0 unspecified atom stereocenters. The largest absolute Gasteiger partial charge is 0.333 e. The third kappa shape index (κ3) is 3.46. The van der Waals surface area contributed by atoms with Gasteiger partial charge in [-0.25, -0.2) is 4.98 Å². The van der Waals surface area contributed by atoms with Crippen molar-refractivity contribution in [1.29, 1.82) is 0 Å². The van der Waals surface area contributed by atoms with Gasteiger partial charge in [0, 0.05) is 18.4 Å². The van der Waals surface area contributed by atoms with E-state index >= 15 is 0 Å². The van der Waals surface area contributed by atoms with Gasteiger partial charge in [-0.15, -0.1) is 0 Å². The maximum atomic E-state index is 11.6. The molecule has 7 heteroatoms. The standard InChI is InChI=1S/C19H19N5O2/c1-13-9-7-8-12-16(13)21-19-20-14(2)17(24(25)26)18(22-19)23(3)15-10-5-4-6-11-15/h4-12H,1-3H3,(H,20,21,22). The topological polar surface area (TPSA) is 84.2 Å². The molecular weight excluding hydrogens is 330 g/mol. The number of anilines is 4. The third-order valence-electron chi connectivity index (χ3n) is 4.08. The van der Waals surface area contributed by atoms with Crippen molar-refractivity contribution in [2.24, 2.45) is 0 Å². The Bertz CT molecular complexity index is 944. The van der Waals surface area contributed by atoms with Crippen LogP contribution in [0.3, 0.4) is 0 Å². The minimum Gasteiger partial charge on any atom is -0.324 e. The summed E-state index contributed by atoms with van der Waals surface area (Å²) in [5.74, 6) is 0.560. The van der Waals surface area contributed by atoms with Gasteiger partial charge in [0.2, 0.25) is 11.8 Å². The van der Waals surface area contributed by atoms with Gasteiger partial charge < -0.3 is 10.2 Å². The summed E-state index contributed by atoms with van der Waals surface area (Å²) in [5.41, 5.74) is 2.89. The first-order chi connectivity index (χ1) is 12.5. The monoisotopic (exact) mass is 349 g/mol. The minimum atomic E-state index is -0.443. The van der Waals surface area contributed by atoms with E-state index < -0.39 is 4.92 Å². The van der Waals surface area contributed by atoms with Crippen LogP contribution in [0.1, 0.15) is 11.3 Å². The summed E-state index contributed by atoms with van der Waals surface area (Å²) in [5, 5.41) is 14.7. The first-order valence-electron chi connectivity index (χ1n) is 8.12. The number of nitrogens with zero attached hydrogens (tertiary/aromatic N) is 4. The van der Waals surface area contributed by atoms with E-state index in [2.05, 4.69) is 15.3 Å². The number of hydrogen-bond acceptors (Lipinski definition) is 6. The lowest BCUT2D eigenvalue weighted by molar-refractivity contribution is -0.385. The number of nitrogens with one attached hydrogen (secondary N) is 1. The number of hydrogen-bond donors (Lipinski definition) is 1. The Morgan fingerprint density at radius 2 is 1.65 bits per heavy atom. The van der Waals surface area contributed by atoms with Crippen LogP contribution < -0.4 is 10.2 Å². The number of benzene rings is 2. The van der Waals surface area contributed by atoms with Crippen molar-refractivity contribution in [3.63, 3.8) is 0 Å². The first kappa shape index (κ1) is 17.3. The highest BCUT2D eigenvalue weighted by Crippen LogP contribution is 2.34. The summed E-state index contributed by atoms with van der Waals surface area (Å²) < 4.78 is 0. The van der Waals surface area contributed by atoms with Crippen LogP contribution in [0.5, 0.6) is 0 Å². The maximum absolute atomic E-state index is 11.6. The molecule has 0 spiro atoms. The lowest BCUT2D eigenvalue weighted by atomic mass is 10.2. The van der Waals surface area contributed by atoms with E-state index in [9.17, 15) is 10.1 Å². The smallest absolute Gasteiger partial charge is 0.324 e. The van der Waals surface area contributed by atoms with Crippen molar-refractivity contribution < 1.29 is 4.92 Å². The molecule has 2 aromatic carbocycles. The van der Waals surface area contributed by atoms with Gasteiger partial charge in [0.15, 0.2) is 0 Å². The van der Waals surface area contributed by atoms with Crippen molar-refractivity contribution in [2.45, 2.75) is 13.8 Å². The number of nitro groups is 1. The van der Waals surface area contributed by atoms with Crippen LogP contribution in [0.25, 0.3) is 0 Å². The molecule has 3 rings (SSSR count). The van der Waals surface area contributed by atoms with E-state index in [4.69, 9.17) is 0 Å². The second-order valence-electron chi connectivity index (χ2n) is 5.90. The highest BCUT2D eigenvalue weighted by molar-refractivity contribution is 5.71. The van der Waals surface area contributed by atoms with E-state index in [1.165, 1.54) is 0 Å². The van der Waals surface area contributed by atoms with Gasteiger partial charge in [0.05, 0.1) is 4.92 Å². The van der Waals surface area contributed by atoms with E-state index in [0.717, 1.165) is 16.9 Å². The third-order valence-corrected chi connectivity index (χ3v) is 4.08. The molecule has 1 N–H and O–H groups in total. The van der Waals surface area contributed by atoms with E-state index in [-0.39, 0.29) is 11.5 Å². The van der Waals surface area contributed by atoms with Gasteiger partial charge in [-0.1, -0.05) is 36.4 Å². The molecule has 0 atom stereocenters. The Kier molecular flexibility index (Phi) is 4.79. The molecule has 0 aliphatic carbocycles. The van der Waals surface area contributed by atoms with Crippen molar-refractivity contribution in [3.8, 4) is 0 Å². The zero-order valence-electron chi connectivity index (χ0n) is 14.8. The molecule has 1 aromatic heterocycles. The molecule has 3 aromatic rings. The number of rotatable bonds is 5. The zero-order valence-corrected chi connectivity index (χ0v) is 14.8. The molecule has 0 aliphatic rings. The van der Waals surface area contributed by atoms with E-state index in [1.807, 2.05) is 61.5 Å². The molecule has 0 fully saturated rings. The van der Waals surface area contributed by atoms with Gasteiger partial charge >= 0.3 is 5.69 Å². The Morgan fingerprint density at radius 1 is 1.00 bits per heavy atom. The zero-order chi connectivity index (χ0) is 18.7. The summed E-state index contributed by atoms with van der Waals surface area (Å²) in [4.78, 5) is 21.5. The number of aryl methyl sites for hydroxylation is 2. The highest BCUT2D eigenvalue weighted by atomic mass is 16.6. The average Bonchev–Trinajstić information content (AvgIpc) is 2.63. The molecule has 0 amide bonds. The predicted octanol–water partition coefficient (Wildman–Crippen LogP) is 4.51. The van der Waals surface area contributed by atoms with Gasteiger partial charge in [0.25, 0.3) is 0 Å². The molecule has 0 saturated carbocycles. The second kappa shape index (κ2) is 7.18. The van der Waals surface area contributed by atoms with Crippen LogP contribution in [-0.2, 0) is 0 Å². The molecule has 0 aliphatic heterocycles. The van der Waals surface area contributed by atoms with Crippen molar-refractivity contribution in [3.05, 3.63) is 76.0 Å². The molecule has 7 nitrogen and oxygen atoms in total. The normalized spacial score (nSPS) is 10.4.